The molecule has 7 heteroatoms. The van der Waals surface area contributed by atoms with Crippen molar-refractivity contribution in [3.05, 3.63) is 71.8 Å². The summed E-state index contributed by atoms with van der Waals surface area (Å²) in [7, 11) is -3.68. The molecular formula is C16H15ClN2O3S. The largest absolute Gasteiger partial charge is 0.322 e. The van der Waals surface area contributed by atoms with Gasteiger partial charge in [0.25, 0.3) is 5.91 Å². The Hall–Kier alpha value is -2.15. The highest BCUT2D eigenvalue weighted by molar-refractivity contribution is 7.89. The number of amides is 1. The second kappa shape index (κ2) is 7.41. The molecule has 0 atom stereocenters. The minimum Gasteiger partial charge on any atom is -0.322 e. The maximum absolute atomic E-state index is 12.2. The van der Waals surface area contributed by atoms with E-state index in [2.05, 4.69) is 16.6 Å². The first-order valence-electron chi connectivity index (χ1n) is 6.70. The molecule has 23 heavy (non-hydrogen) atoms. The third kappa shape index (κ3) is 4.66. The fourth-order valence-corrected chi connectivity index (χ4v) is 2.96. The van der Waals surface area contributed by atoms with E-state index >= 15 is 0 Å². The topological polar surface area (TPSA) is 75.3 Å². The summed E-state index contributed by atoms with van der Waals surface area (Å²) in [4.78, 5) is 12.2. The maximum Gasteiger partial charge on any atom is 0.255 e. The molecule has 0 aliphatic carbocycles. The molecular weight excluding hydrogens is 336 g/mol. The zero-order valence-corrected chi connectivity index (χ0v) is 13.7. The van der Waals surface area contributed by atoms with E-state index in [0.717, 1.165) is 0 Å². The van der Waals surface area contributed by atoms with Gasteiger partial charge in [-0.3, -0.25) is 4.79 Å². The Morgan fingerprint density at radius 3 is 2.52 bits per heavy atom. The van der Waals surface area contributed by atoms with Crippen molar-refractivity contribution in [2.24, 2.45) is 0 Å². The standard InChI is InChI=1S/C16H15ClN2O3S/c1-2-10-18-23(21,22)15-5-3-4-12(11-15)16(20)19-14-8-6-13(17)7-9-14/h2-9,11,18H,1,10H2,(H,19,20). The summed E-state index contributed by atoms with van der Waals surface area (Å²) in [6.45, 7) is 3.57. The fraction of sp³-hybridized carbons (Fsp3) is 0.0625. The highest BCUT2D eigenvalue weighted by atomic mass is 35.5. The molecule has 2 aromatic rings. The summed E-state index contributed by atoms with van der Waals surface area (Å²) in [5.74, 6) is -0.409. The summed E-state index contributed by atoms with van der Waals surface area (Å²) >= 11 is 5.78. The van der Waals surface area contributed by atoms with Gasteiger partial charge >= 0.3 is 0 Å². The Kier molecular flexibility index (Phi) is 5.54. The highest BCUT2D eigenvalue weighted by Crippen LogP contribution is 2.16. The van der Waals surface area contributed by atoms with Gasteiger partial charge in [0, 0.05) is 22.8 Å². The summed E-state index contributed by atoms with van der Waals surface area (Å²) in [6.07, 6.45) is 1.44. The van der Waals surface area contributed by atoms with Crippen LogP contribution < -0.4 is 10.0 Å². The van der Waals surface area contributed by atoms with E-state index in [-0.39, 0.29) is 17.0 Å². The van der Waals surface area contributed by atoms with Gasteiger partial charge in [-0.15, -0.1) is 6.58 Å². The Bertz CT molecular complexity index is 817. The zero-order valence-electron chi connectivity index (χ0n) is 12.1. The van der Waals surface area contributed by atoms with Crippen molar-refractivity contribution in [1.29, 1.82) is 0 Å². The summed E-state index contributed by atoms with van der Waals surface area (Å²) in [6, 6.07) is 12.4. The molecule has 1 amide bonds. The molecule has 5 nitrogen and oxygen atoms in total. The predicted molar refractivity (Wildman–Crippen MR) is 91.2 cm³/mol. The SMILES string of the molecule is C=CCNS(=O)(=O)c1cccc(C(=O)Nc2ccc(Cl)cc2)c1. The van der Waals surface area contributed by atoms with Crippen molar-refractivity contribution < 1.29 is 13.2 Å². The summed E-state index contributed by atoms with van der Waals surface area (Å²) in [5, 5.41) is 3.24. The van der Waals surface area contributed by atoms with Crippen LogP contribution in [0.4, 0.5) is 5.69 Å². The van der Waals surface area contributed by atoms with E-state index in [1.165, 1.54) is 30.3 Å². The molecule has 2 N–H and O–H groups in total. The zero-order chi connectivity index (χ0) is 16.9. The number of sulfonamides is 1. The molecule has 0 heterocycles. The number of rotatable bonds is 6. The van der Waals surface area contributed by atoms with Gasteiger partial charge in [-0.25, -0.2) is 13.1 Å². The Balaban J connectivity index is 2.20. The maximum atomic E-state index is 12.2. The van der Waals surface area contributed by atoms with Crippen molar-refractivity contribution >= 4 is 33.2 Å². The minimum absolute atomic E-state index is 0.0168. The van der Waals surface area contributed by atoms with Crippen molar-refractivity contribution in [1.82, 2.24) is 4.72 Å². The van der Waals surface area contributed by atoms with Crippen LogP contribution in [0.3, 0.4) is 0 Å². The van der Waals surface area contributed by atoms with Crippen molar-refractivity contribution in [3.63, 3.8) is 0 Å². The van der Waals surface area contributed by atoms with E-state index in [1.54, 1.807) is 24.3 Å². The molecule has 0 aromatic heterocycles. The molecule has 0 unspecified atom stereocenters. The average molecular weight is 351 g/mol. The van der Waals surface area contributed by atoms with Gasteiger partial charge in [0.15, 0.2) is 0 Å². The molecule has 0 saturated carbocycles. The molecule has 0 bridgehead atoms. The van der Waals surface area contributed by atoms with E-state index in [9.17, 15) is 13.2 Å². The van der Waals surface area contributed by atoms with E-state index in [0.29, 0.717) is 10.7 Å². The van der Waals surface area contributed by atoms with Crippen molar-refractivity contribution in [2.45, 2.75) is 4.90 Å². The quantitative estimate of drug-likeness (QED) is 0.786. The Labute approximate surface area is 140 Å². The minimum atomic E-state index is -3.68. The number of hydrogen-bond donors (Lipinski definition) is 2. The smallest absolute Gasteiger partial charge is 0.255 e. The van der Waals surface area contributed by atoms with Gasteiger partial charge in [0.1, 0.15) is 0 Å². The number of nitrogens with one attached hydrogen (secondary N) is 2. The van der Waals surface area contributed by atoms with Crippen LogP contribution in [-0.4, -0.2) is 20.9 Å². The van der Waals surface area contributed by atoms with Gasteiger partial charge in [0.05, 0.1) is 4.90 Å². The highest BCUT2D eigenvalue weighted by Gasteiger charge is 2.15. The fourth-order valence-electron chi connectivity index (χ4n) is 1.79. The van der Waals surface area contributed by atoms with E-state index in [4.69, 9.17) is 11.6 Å². The molecule has 0 aliphatic heterocycles. The van der Waals surface area contributed by atoms with Gasteiger partial charge in [-0.05, 0) is 42.5 Å². The van der Waals surface area contributed by atoms with Crippen LogP contribution in [0, 0.1) is 0 Å². The number of halogens is 1. The number of carbonyl (C=O) groups excluding carboxylic acids is 1. The number of anilines is 1. The van der Waals surface area contributed by atoms with Gasteiger partial charge < -0.3 is 5.32 Å². The molecule has 2 aromatic carbocycles. The van der Waals surface area contributed by atoms with Crippen molar-refractivity contribution in [3.8, 4) is 0 Å². The lowest BCUT2D eigenvalue weighted by Gasteiger charge is -2.08. The molecule has 2 rings (SSSR count). The number of carbonyl (C=O) groups is 1. The van der Waals surface area contributed by atoms with Crippen LogP contribution in [0.2, 0.25) is 5.02 Å². The van der Waals surface area contributed by atoms with Gasteiger partial charge in [-0.1, -0.05) is 23.7 Å². The summed E-state index contributed by atoms with van der Waals surface area (Å²) in [5.41, 5.74) is 0.805. The van der Waals surface area contributed by atoms with Crippen LogP contribution in [-0.2, 0) is 10.0 Å². The number of hydrogen-bond acceptors (Lipinski definition) is 3. The van der Waals surface area contributed by atoms with Crippen LogP contribution in [0.15, 0.2) is 66.1 Å². The lowest BCUT2D eigenvalue weighted by Crippen LogP contribution is -2.24. The van der Waals surface area contributed by atoms with Crippen LogP contribution in [0.25, 0.3) is 0 Å². The first kappa shape index (κ1) is 17.2. The lowest BCUT2D eigenvalue weighted by molar-refractivity contribution is 0.102. The third-order valence-electron chi connectivity index (χ3n) is 2.93. The molecule has 0 fully saturated rings. The Morgan fingerprint density at radius 2 is 1.87 bits per heavy atom. The third-order valence-corrected chi connectivity index (χ3v) is 4.60. The second-order valence-corrected chi connectivity index (χ2v) is 6.83. The molecule has 0 spiro atoms. The number of benzene rings is 2. The molecule has 120 valence electrons. The van der Waals surface area contributed by atoms with E-state index < -0.39 is 15.9 Å². The molecule has 0 saturated heterocycles. The van der Waals surface area contributed by atoms with Gasteiger partial charge in [0.2, 0.25) is 10.0 Å². The molecule has 0 radical (unpaired) electrons. The second-order valence-electron chi connectivity index (χ2n) is 4.63. The monoisotopic (exact) mass is 350 g/mol. The van der Waals surface area contributed by atoms with Crippen LogP contribution in [0.1, 0.15) is 10.4 Å². The first-order valence-corrected chi connectivity index (χ1v) is 8.56. The molecule has 0 aliphatic rings. The first-order chi connectivity index (χ1) is 10.9. The average Bonchev–Trinajstić information content (AvgIpc) is 2.55. The van der Waals surface area contributed by atoms with E-state index in [1.807, 2.05) is 0 Å². The van der Waals surface area contributed by atoms with Gasteiger partial charge in [-0.2, -0.15) is 0 Å². The van der Waals surface area contributed by atoms with Crippen LogP contribution >= 0.6 is 11.6 Å². The van der Waals surface area contributed by atoms with Crippen molar-refractivity contribution in [2.75, 3.05) is 11.9 Å². The van der Waals surface area contributed by atoms with Crippen LogP contribution in [0.5, 0.6) is 0 Å². The normalized spacial score (nSPS) is 11.0. The summed E-state index contributed by atoms with van der Waals surface area (Å²) < 4.78 is 26.5. The Morgan fingerprint density at radius 1 is 1.17 bits per heavy atom. The lowest BCUT2D eigenvalue weighted by atomic mass is 10.2. The predicted octanol–water partition coefficient (Wildman–Crippen LogP) is 3.06.